The number of carbonyl (C=O) groups is 3. The van der Waals surface area contributed by atoms with Gasteiger partial charge >= 0.3 is 12.0 Å². The Kier molecular flexibility index (Phi) is 6.98. The van der Waals surface area contributed by atoms with E-state index in [1.54, 1.807) is 11.9 Å². The van der Waals surface area contributed by atoms with E-state index in [0.717, 1.165) is 25.7 Å². The zero-order chi connectivity index (χ0) is 21.0. The number of aliphatic hydroxyl groups excluding tert-OH is 1. The molecule has 0 radical (unpaired) electrons. The number of ether oxygens (including phenoxy) is 1. The molecule has 0 aromatic heterocycles. The molecule has 3 rings (SSSR count). The number of Topliss-reactive ketones (excluding diaryl/α,β-unsaturated/α-hetero) is 1. The maximum absolute atomic E-state index is 12.9. The fraction of sp³-hybridized carbons (Fsp3) is 0.773. The zero-order valence-corrected chi connectivity index (χ0v) is 17.6. The average Bonchev–Trinajstić information content (AvgIpc) is 3.25. The van der Waals surface area contributed by atoms with Gasteiger partial charge in [0.2, 0.25) is 0 Å². The highest BCUT2D eigenvalue weighted by Gasteiger charge is 2.59. The van der Waals surface area contributed by atoms with Crippen molar-refractivity contribution in [3.05, 3.63) is 12.2 Å². The number of esters is 1. The van der Waals surface area contributed by atoms with Crippen LogP contribution in [0.2, 0.25) is 0 Å². The van der Waals surface area contributed by atoms with Gasteiger partial charge in [0.05, 0.1) is 24.2 Å². The number of allylic oxidation sites excluding steroid dienone is 2. The highest BCUT2D eigenvalue weighted by Crippen LogP contribution is 2.58. The van der Waals surface area contributed by atoms with Crippen molar-refractivity contribution in [2.45, 2.75) is 70.4 Å². The van der Waals surface area contributed by atoms with Gasteiger partial charge in [-0.15, -0.1) is 0 Å². The second-order valence-corrected chi connectivity index (χ2v) is 8.69. The van der Waals surface area contributed by atoms with Crippen molar-refractivity contribution in [1.82, 2.24) is 9.80 Å². The maximum atomic E-state index is 12.9. The van der Waals surface area contributed by atoms with Crippen molar-refractivity contribution >= 4 is 17.8 Å². The normalized spacial score (nSPS) is 35.1. The summed E-state index contributed by atoms with van der Waals surface area (Å²) < 4.78 is 5.32. The number of hydrogen-bond donors (Lipinski definition) is 1. The van der Waals surface area contributed by atoms with Gasteiger partial charge in [-0.3, -0.25) is 9.59 Å². The number of carbonyl (C=O) groups excluding carboxylic acids is 3. The second kappa shape index (κ2) is 9.28. The minimum Gasteiger partial charge on any atom is -0.466 e. The summed E-state index contributed by atoms with van der Waals surface area (Å²) in [6, 6.07) is -0.755. The Balaban J connectivity index is 1.73. The van der Waals surface area contributed by atoms with Gasteiger partial charge in [-0.25, -0.2) is 4.79 Å². The molecule has 1 N–H and O–H groups in total. The fourth-order valence-corrected chi connectivity index (χ4v) is 4.75. The van der Waals surface area contributed by atoms with Crippen LogP contribution in [-0.2, 0) is 14.3 Å². The molecule has 0 aromatic carbocycles. The number of fused-ring (bicyclic) bond motifs is 2. The molecular formula is C22H34N2O5. The number of amides is 2. The summed E-state index contributed by atoms with van der Waals surface area (Å²) in [5, 5.41) is 10.1. The van der Waals surface area contributed by atoms with Crippen molar-refractivity contribution in [1.29, 1.82) is 0 Å². The molecule has 0 aromatic rings. The van der Waals surface area contributed by atoms with Gasteiger partial charge in [-0.1, -0.05) is 12.2 Å². The van der Waals surface area contributed by atoms with Gasteiger partial charge in [0.1, 0.15) is 0 Å². The molecule has 2 fully saturated rings. The lowest BCUT2D eigenvalue weighted by Gasteiger charge is -2.29. The van der Waals surface area contributed by atoms with Gasteiger partial charge in [0.15, 0.2) is 5.78 Å². The Morgan fingerprint density at radius 1 is 1.31 bits per heavy atom. The van der Waals surface area contributed by atoms with Gasteiger partial charge in [-0.05, 0) is 51.4 Å². The Morgan fingerprint density at radius 3 is 2.86 bits per heavy atom. The first-order valence-electron chi connectivity index (χ1n) is 11.0. The molecule has 0 spiro atoms. The van der Waals surface area contributed by atoms with Crippen LogP contribution in [0.4, 0.5) is 4.79 Å². The molecule has 3 aliphatic rings. The molecule has 1 aliphatic carbocycles. The first kappa shape index (κ1) is 21.8. The van der Waals surface area contributed by atoms with Crippen LogP contribution in [0.25, 0.3) is 0 Å². The lowest BCUT2D eigenvalue weighted by atomic mass is 9.93. The molecule has 162 valence electrons. The summed E-state index contributed by atoms with van der Waals surface area (Å²) in [7, 11) is 1.76. The van der Waals surface area contributed by atoms with E-state index in [1.165, 1.54) is 4.90 Å². The molecule has 4 atom stereocenters. The summed E-state index contributed by atoms with van der Waals surface area (Å²) >= 11 is 0. The van der Waals surface area contributed by atoms with Crippen LogP contribution in [0.5, 0.6) is 0 Å². The van der Waals surface area contributed by atoms with E-state index in [1.807, 2.05) is 6.92 Å². The summed E-state index contributed by atoms with van der Waals surface area (Å²) in [6.45, 7) is 3.00. The predicted octanol–water partition coefficient (Wildman–Crippen LogP) is 2.52. The van der Waals surface area contributed by atoms with Crippen molar-refractivity contribution in [2.24, 2.45) is 11.3 Å². The van der Waals surface area contributed by atoms with Crippen LogP contribution in [0.3, 0.4) is 0 Å². The third-order valence-electron chi connectivity index (χ3n) is 6.57. The van der Waals surface area contributed by atoms with Crippen LogP contribution in [0, 0.1) is 11.3 Å². The van der Waals surface area contributed by atoms with E-state index >= 15 is 0 Å². The molecule has 29 heavy (non-hydrogen) atoms. The number of aliphatic hydroxyl groups is 1. The van der Waals surface area contributed by atoms with Gasteiger partial charge in [0, 0.05) is 33.0 Å². The molecule has 7 heteroatoms. The van der Waals surface area contributed by atoms with Crippen LogP contribution < -0.4 is 0 Å². The van der Waals surface area contributed by atoms with E-state index in [-0.39, 0.29) is 30.2 Å². The Morgan fingerprint density at radius 2 is 2.10 bits per heavy atom. The molecule has 2 heterocycles. The van der Waals surface area contributed by atoms with Crippen LogP contribution in [0.1, 0.15) is 58.3 Å². The molecule has 0 unspecified atom stereocenters. The quantitative estimate of drug-likeness (QED) is 0.562. The topological polar surface area (TPSA) is 87.1 Å². The maximum Gasteiger partial charge on any atom is 0.320 e. The van der Waals surface area contributed by atoms with Gasteiger partial charge in [-0.2, -0.15) is 0 Å². The highest BCUT2D eigenvalue weighted by molar-refractivity contribution is 5.89. The minimum atomic E-state index is -0.661. The number of rotatable bonds is 2. The standard InChI is InChI=1S/C22H34N2O5/c1-3-29-20(27)22-11-8-10-19(26)18-13-17(25)15-24(18)21(28)23(2)12-7-5-4-6-9-16(22)14-22/h6,9,16-18,25H,3-5,7-8,10-15H2,1-2H3/b9-6-/t16-,17+,18+,22+/m1/s1. The molecule has 7 nitrogen and oxygen atoms in total. The first-order valence-corrected chi connectivity index (χ1v) is 11.0. The van der Waals surface area contributed by atoms with E-state index in [0.29, 0.717) is 38.8 Å². The van der Waals surface area contributed by atoms with E-state index in [9.17, 15) is 19.5 Å². The lowest BCUT2D eigenvalue weighted by Crippen LogP contribution is -2.47. The predicted molar refractivity (Wildman–Crippen MR) is 108 cm³/mol. The average molecular weight is 407 g/mol. The van der Waals surface area contributed by atoms with Crippen LogP contribution in [-0.4, -0.2) is 71.6 Å². The van der Waals surface area contributed by atoms with Crippen molar-refractivity contribution in [3.8, 4) is 0 Å². The molecular weight excluding hydrogens is 372 g/mol. The number of nitrogens with zero attached hydrogens (tertiary/aromatic N) is 2. The van der Waals surface area contributed by atoms with Crippen molar-refractivity contribution < 1.29 is 24.2 Å². The van der Waals surface area contributed by atoms with Crippen LogP contribution >= 0.6 is 0 Å². The lowest BCUT2D eigenvalue weighted by molar-refractivity contribution is -0.150. The highest BCUT2D eigenvalue weighted by atomic mass is 16.5. The van der Waals surface area contributed by atoms with Gasteiger partial charge in [0.25, 0.3) is 0 Å². The zero-order valence-electron chi connectivity index (χ0n) is 17.6. The SMILES string of the molecule is CCOC(=O)[C@]12CCCC(=O)[C@@H]3C[C@H](O)CN3C(=O)N(C)CCCC/C=C\[C@@H]1C2. The second-order valence-electron chi connectivity index (χ2n) is 8.69. The Bertz CT molecular complexity index is 664. The summed E-state index contributed by atoms with van der Waals surface area (Å²) in [4.78, 5) is 41.4. The molecule has 2 aliphatic heterocycles. The molecule has 1 saturated heterocycles. The largest absolute Gasteiger partial charge is 0.466 e. The minimum absolute atomic E-state index is 0.0258. The molecule has 0 bridgehead atoms. The first-order chi connectivity index (χ1) is 13.9. The third kappa shape index (κ3) is 4.82. The summed E-state index contributed by atoms with van der Waals surface area (Å²) in [6.07, 6.45) is 8.95. The van der Waals surface area contributed by atoms with E-state index in [2.05, 4.69) is 12.2 Å². The Hall–Kier alpha value is -1.89. The van der Waals surface area contributed by atoms with Crippen LogP contribution in [0.15, 0.2) is 12.2 Å². The van der Waals surface area contributed by atoms with Crippen molar-refractivity contribution in [3.63, 3.8) is 0 Å². The molecule has 1 saturated carbocycles. The van der Waals surface area contributed by atoms with Gasteiger partial charge < -0.3 is 19.6 Å². The van der Waals surface area contributed by atoms with E-state index < -0.39 is 17.6 Å². The van der Waals surface area contributed by atoms with Crippen molar-refractivity contribution in [2.75, 3.05) is 26.7 Å². The van der Waals surface area contributed by atoms with E-state index in [4.69, 9.17) is 4.74 Å². The Labute approximate surface area is 173 Å². The fourth-order valence-electron chi connectivity index (χ4n) is 4.75. The number of ketones is 1. The number of urea groups is 1. The smallest absolute Gasteiger partial charge is 0.320 e. The molecule has 2 amide bonds. The third-order valence-corrected chi connectivity index (χ3v) is 6.57. The number of hydrogen-bond acceptors (Lipinski definition) is 5. The summed E-state index contributed by atoms with van der Waals surface area (Å²) in [5.74, 6) is 0.0127. The summed E-state index contributed by atoms with van der Waals surface area (Å²) in [5.41, 5.74) is -0.491. The monoisotopic (exact) mass is 406 g/mol.